The Bertz CT molecular complexity index is 557. The van der Waals surface area contributed by atoms with Crippen LogP contribution in [0.2, 0.25) is 0 Å². The number of piperidine rings is 1. The van der Waals surface area contributed by atoms with Crippen LogP contribution in [0.1, 0.15) is 65.4 Å². The molecule has 2 N–H and O–H groups in total. The van der Waals surface area contributed by atoms with E-state index in [1.807, 2.05) is 18.2 Å². The van der Waals surface area contributed by atoms with Crippen LogP contribution in [0.4, 0.5) is 0 Å². The topological polar surface area (TPSA) is 41.1 Å². The fourth-order valence-electron chi connectivity index (χ4n) is 4.68. The minimum atomic E-state index is -0.291. The van der Waals surface area contributed by atoms with Crippen molar-refractivity contribution < 1.29 is 4.79 Å². The van der Waals surface area contributed by atoms with Crippen molar-refractivity contribution in [1.29, 1.82) is 0 Å². The first-order valence-electron chi connectivity index (χ1n) is 8.88. The summed E-state index contributed by atoms with van der Waals surface area (Å²) in [6.45, 7) is 8.90. The van der Waals surface area contributed by atoms with E-state index in [0.29, 0.717) is 0 Å². The number of hydrogen-bond acceptors (Lipinski definition) is 2. The van der Waals surface area contributed by atoms with Crippen LogP contribution < -0.4 is 10.6 Å². The summed E-state index contributed by atoms with van der Waals surface area (Å²) in [5.41, 5.74) is 0.995. The van der Waals surface area contributed by atoms with Gasteiger partial charge in [0.15, 0.2) is 0 Å². The van der Waals surface area contributed by atoms with E-state index in [9.17, 15) is 4.79 Å². The minimum absolute atomic E-state index is 0.0548. The fraction of sp³-hybridized carbons (Fsp3) is 0.650. The van der Waals surface area contributed by atoms with Crippen LogP contribution in [0.15, 0.2) is 30.3 Å². The van der Waals surface area contributed by atoms with Crippen LogP contribution in [0.5, 0.6) is 0 Å². The Balaban J connectivity index is 1.76. The maximum absolute atomic E-state index is 13.1. The first kappa shape index (κ1) is 16.5. The average molecular weight is 314 g/mol. The second kappa shape index (κ2) is 5.62. The molecule has 0 aromatic heterocycles. The molecule has 0 radical (unpaired) electrons. The van der Waals surface area contributed by atoms with Crippen molar-refractivity contribution in [2.24, 2.45) is 0 Å². The van der Waals surface area contributed by atoms with E-state index in [2.05, 4.69) is 50.5 Å². The molecule has 1 aliphatic heterocycles. The monoisotopic (exact) mass is 314 g/mol. The molecular weight excluding hydrogens is 284 g/mol. The summed E-state index contributed by atoms with van der Waals surface area (Å²) in [5.74, 6) is 0.230. The molecule has 0 spiro atoms. The predicted octanol–water partition coefficient (Wildman–Crippen LogP) is 3.53. The molecule has 1 saturated carbocycles. The summed E-state index contributed by atoms with van der Waals surface area (Å²) in [6, 6.07) is 10.6. The summed E-state index contributed by atoms with van der Waals surface area (Å²) in [4.78, 5) is 13.1. The van der Waals surface area contributed by atoms with Gasteiger partial charge in [-0.2, -0.15) is 0 Å². The van der Waals surface area contributed by atoms with Crippen LogP contribution in [-0.2, 0) is 10.2 Å². The molecular formula is C20H30N2O. The standard InChI is InChI=1S/C20H30N2O/c1-18(2)13-16(14-19(3,4)22-18)21-17(23)20(11-8-12-20)15-9-6-5-7-10-15/h5-7,9-10,16,22H,8,11-14H2,1-4H3,(H,21,23). The first-order valence-corrected chi connectivity index (χ1v) is 8.88. The van der Waals surface area contributed by atoms with Gasteiger partial charge in [-0.05, 0) is 58.9 Å². The molecule has 3 heteroatoms. The molecule has 1 aliphatic carbocycles. The molecule has 0 atom stereocenters. The second-order valence-electron chi connectivity index (χ2n) is 8.77. The molecule has 23 heavy (non-hydrogen) atoms. The van der Waals surface area contributed by atoms with Gasteiger partial charge in [0.2, 0.25) is 5.91 Å². The molecule has 126 valence electrons. The van der Waals surface area contributed by atoms with E-state index in [1.165, 1.54) is 5.56 Å². The molecule has 0 unspecified atom stereocenters. The van der Waals surface area contributed by atoms with Crippen LogP contribution in [0.3, 0.4) is 0 Å². The Morgan fingerprint density at radius 3 is 2.09 bits per heavy atom. The van der Waals surface area contributed by atoms with Crippen molar-refractivity contribution in [2.75, 3.05) is 0 Å². The highest BCUT2D eigenvalue weighted by Crippen LogP contribution is 2.44. The molecule has 2 aliphatic rings. The Labute approximate surface area is 140 Å². The van der Waals surface area contributed by atoms with E-state index in [-0.39, 0.29) is 28.4 Å². The van der Waals surface area contributed by atoms with E-state index in [0.717, 1.165) is 32.1 Å². The Morgan fingerprint density at radius 1 is 1.04 bits per heavy atom. The fourth-order valence-corrected chi connectivity index (χ4v) is 4.68. The van der Waals surface area contributed by atoms with Gasteiger partial charge >= 0.3 is 0 Å². The zero-order valence-corrected chi connectivity index (χ0v) is 14.9. The predicted molar refractivity (Wildman–Crippen MR) is 94.4 cm³/mol. The van der Waals surface area contributed by atoms with Gasteiger partial charge in [0.05, 0.1) is 5.41 Å². The zero-order valence-electron chi connectivity index (χ0n) is 14.9. The number of carbonyl (C=O) groups excluding carboxylic acids is 1. The number of benzene rings is 1. The summed E-state index contributed by atoms with van der Waals surface area (Å²) >= 11 is 0. The summed E-state index contributed by atoms with van der Waals surface area (Å²) < 4.78 is 0. The highest BCUT2D eigenvalue weighted by molar-refractivity contribution is 5.89. The van der Waals surface area contributed by atoms with Gasteiger partial charge in [0.1, 0.15) is 0 Å². The normalized spacial score (nSPS) is 25.4. The summed E-state index contributed by atoms with van der Waals surface area (Å²) in [7, 11) is 0. The molecule has 0 bridgehead atoms. The Hall–Kier alpha value is -1.35. The molecule has 1 aromatic carbocycles. The third kappa shape index (κ3) is 3.30. The van der Waals surface area contributed by atoms with E-state index in [4.69, 9.17) is 0 Å². The van der Waals surface area contributed by atoms with Crippen LogP contribution in [0.25, 0.3) is 0 Å². The lowest BCUT2D eigenvalue weighted by Crippen LogP contribution is -2.63. The van der Waals surface area contributed by atoms with Crippen LogP contribution in [-0.4, -0.2) is 23.0 Å². The van der Waals surface area contributed by atoms with Gasteiger partial charge in [0.25, 0.3) is 0 Å². The second-order valence-corrected chi connectivity index (χ2v) is 8.77. The number of carbonyl (C=O) groups is 1. The van der Waals surface area contributed by atoms with Gasteiger partial charge in [-0.25, -0.2) is 0 Å². The maximum atomic E-state index is 13.1. The first-order chi connectivity index (χ1) is 10.7. The Kier molecular flexibility index (Phi) is 4.04. The lowest BCUT2D eigenvalue weighted by Gasteiger charge is -2.48. The van der Waals surface area contributed by atoms with Crippen molar-refractivity contribution in [2.45, 2.75) is 82.3 Å². The number of amides is 1. The van der Waals surface area contributed by atoms with Gasteiger partial charge in [-0.1, -0.05) is 36.8 Å². The largest absolute Gasteiger partial charge is 0.352 e. The van der Waals surface area contributed by atoms with Crippen molar-refractivity contribution in [3.8, 4) is 0 Å². The van der Waals surface area contributed by atoms with E-state index < -0.39 is 0 Å². The number of nitrogens with one attached hydrogen (secondary N) is 2. The molecule has 3 nitrogen and oxygen atoms in total. The van der Waals surface area contributed by atoms with Crippen molar-refractivity contribution >= 4 is 5.91 Å². The average Bonchev–Trinajstić information content (AvgIpc) is 2.34. The molecule has 1 amide bonds. The molecule has 1 heterocycles. The van der Waals surface area contributed by atoms with Crippen molar-refractivity contribution in [3.05, 3.63) is 35.9 Å². The highest BCUT2D eigenvalue weighted by atomic mass is 16.2. The van der Waals surface area contributed by atoms with Crippen LogP contribution >= 0.6 is 0 Å². The maximum Gasteiger partial charge on any atom is 0.230 e. The number of rotatable bonds is 3. The molecule has 1 saturated heterocycles. The van der Waals surface area contributed by atoms with E-state index in [1.54, 1.807) is 0 Å². The van der Waals surface area contributed by atoms with Crippen molar-refractivity contribution in [3.63, 3.8) is 0 Å². The van der Waals surface area contributed by atoms with Gasteiger partial charge in [-0.15, -0.1) is 0 Å². The quantitative estimate of drug-likeness (QED) is 0.896. The van der Waals surface area contributed by atoms with E-state index >= 15 is 0 Å². The summed E-state index contributed by atoms with van der Waals surface area (Å²) in [5, 5.41) is 7.07. The lowest BCUT2D eigenvalue weighted by molar-refractivity contribution is -0.131. The van der Waals surface area contributed by atoms with Gasteiger partial charge in [0, 0.05) is 17.1 Å². The minimum Gasteiger partial charge on any atom is -0.352 e. The SMILES string of the molecule is CC1(C)CC(NC(=O)C2(c3ccccc3)CCC2)CC(C)(C)N1. The molecule has 2 fully saturated rings. The molecule has 1 aromatic rings. The summed E-state index contributed by atoms with van der Waals surface area (Å²) in [6.07, 6.45) is 5.05. The van der Waals surface area contributed by atoms with Gasteiger partial charge in [-0.3, -0.25) is 4.79 Å². The third-order valence-electron chi connectivity index (χ3n) is 5.49. The van der Waals surface area contributed by atoms with Crippen molar-refractivity contribution in [1.82, 2.24) is 10.6 Å². The smallest absolute Gasteiger partial charge is 0.230 e. The third-order valence-corrected chi connectivity index (χ3v) is 5.49. The number of hydrogen-bond donors (Lipinski definition) is 2. The highest BCUT2D eigenvalue weighted by Gasteiger charge is 2.47. The molecule has 3 rings (SSSR count). The lowest BCUT2D eigenvalue weighted by atomic mass is 9.63. The Morgan fingerprint density at radius 2 is 1.61 bits per heavy atom. The van der Waals surface area contributed by atoms with Crippen LogP contribution in [0, 0.1) is 0 Å². The van der Waals surface area contributed by atoms with Gasteiger partial charge < -0.3 is 10.6 Å². The zero-order chi connectivity index (χ0) is 16.7.